The highest BCUT2D eigenvalue weighted by Gasteiger charge is 2.30. The number of carbonyl (C=O) groups excluding carboxylic acids is 3. The van der Waals surface area contributed by atoms with Crippen molar-refractivity contribution in [1.82, 2.24) is 20.4 Å². The van der Waals surface area contributed by atoms with E-state index in [0.717, 1.165) is 36.2 Å². The van der Waals surface area contributed by atoms with Crippen LogP contribution in [-0.4, -0.2) is 34.2 Å². The number of benzene rings is 1. The molecule has 0 radical (unpaired) electrons. The number of nitrogens with zero attached hydrogens (tertiary/aromatic N) is 3. The maximum absolute atomic E-state index is 13.1. The van der Waals surface area contributed by atoms with Gasteiger partial charge in [0.05, 0.1) is 23.0 Å². The number of para-hydroxylation sites is 1. The molecule has 1 aromatic heterocycles. The number of anilines is 1. The van der Waals surface area contributed by atoms with Crippen LogP contribution in [0.2, 0.25) is 0 Å². The Bertz CT molecular complexity index is 965. The first kappa shape index (κ1) is 18.2. The molecule has 146 valence electrons. The molecule has 1 aromatic carbocycles. The summed E-state index contributed by atoms with van der Waals surface area (Å²) in [7, 11) is 1.93. The summed E-state index contributed by atoms with van der Waals surface area (Å²) in [6.45, 7) is 2.22. The third kappa shape index (κ3) is 3.15. The Morgan fingerprint density at radius 1 is 1.25 bits per heavy atom. The van der Waals surface area contributed by atoms with E-state index >= 15 is 0 Å². The normalized spacial score (nSPS) is 19.2. The minimum Gasteiger partial charge on any atom is -0.345 e. The van der Waals surface area contributed by atoms with E-state index in [-0.39, 0.29) is 30.8 Å². The van der Waals surface area contributed by atoms with Crippen molar-refractivity contribution < 1.29 is 14.4 Å². The van der Waals surface area contributed by atoms with Crippen LogP contribution in [0.4, 0.5) is 10.5 Å². The molecule has 8 heteroatoms. The number of fused-ring (bicyclic) bond motifs is 1. The number of carbonyl (C=O) groups is 3. The van der Waals surface area contributed by atoms with Gasteiger partial charge in [-0.2, -0.15) is 5.10 Å². The van der Waals surface area contributed by atoms with E-state index in [0.29, 0.717) is 11.3 Å². The van der Waals surface area contributed by atoms with Gasteiger partial charge in [0.25, 0.3) is 5.91 Å². The third-order valence-corrected chi connectivity index (χ3v) is 5.44. The number of rotatable bonds is 3. The van der Waals surface area contributed by atoms with Crippen LogP contribution in [0.5, 0.6) is 0 Å². The number of aryl methyl sites for hydroxylation is 2. The smallest absolute Gasteiger partial charge is 0.328 e. The second kappa shape index (κ2) is 7.10. The first-order valence-electron chi connectivity index (χ1n) is 9.49. The van der Waals surface area contributed by atoms with Gasteiger partial charge in [-0.1, -0.05) is 12.1 Å². The number of urea groups is 1. The van der Waals surface area contributed by atoms with Crippen LogP contribution in [-0.2, 0) is 18.3 Å². The Labute approximate surface area is 162 Å². The van der Waals surface area contributed by atoms with Crippen LogP contribution in [0, 0.1) is 6.92 Å². The molecule has 1 fully saturated rings. The SMILES string of the molecule is Cc1nn(C)c2c1C(NC(=O)c1ccccc1N1CCC(=O)NC1=O)CCC2. The van der Waals surface area contributed by atoms with Crippen molar-refractivity contribution in [2.75, 3.05) is 11.4 Å². The molecule has 1 aliphatic carbocycles. The zero-order chi connectivity index (χ0) is 19.8. The molecule has 2 aliphatic rings. The molecule has 0 saturated carbocycles. The molecule has 8 nitrogen and oxygen atoms in total. The highest BCUT2D eigenvalue weighted by atomic mass is 16.2. The topological polar surface area (TPSA) is 96.3 Å². The number of amides is 4. The second-order valence-corrected chi connectivity index (χ2v) is 7.26. The number of hydrogen-bond donors (Lipinski definition) is 2. The van der Waals surface area contributed by atoms with Gasteiger partial charge >= 0.3 is 6.03 Å². The van der Waals surface area contributed by atoms with Crippen molar-refractivity contribution >= 4 is 23.5 Å². The molecule has 2 N–H and O–H groups in total. The lowest BCUT2D eigenvalue weighted by molar-refractivity contribution is -0.120. The lowest BCUT2D eigenvalue weighted by Gasteiger charge is -2.29. The standard InChI is InChI=1S/C20H23N5O3/c1-12-18-14(7-5-9-16(18)24(2)23-12)21-19(27)13-6-3-4-8-15(13)25-11-10-17(26)22-20(25)28/h3-4,6,8,14H,5,7,9-11H2,1-2H3,(H,21,27)(H,22,26,28). The van der Waals surface area contributed by atoms with E-state index in [1.54, 1.807) is 24.3 Å². The molecule has 0 spiro atoms. The minimum atomic E-state index is -0.500. The van der Waals surface area contributed by atoms with Gasteiger partial charge in [-0.05, 0) is 38.3 Å². The predicted octanol–water partition coefficient (Wildman–Crippen LogP) is 1.98. The van der Waals surface area contributed by atoms with E-state index in [1.165, 1.54) is 4.90 Å². The summed E-state index contributed by atoms with van der Waals surface area (Å²) in [4.78, 5) is 38.2. The fourth-order valence-electron chi connectivity index (χ4n) is 4.17. The molecule has 2 heterocycles. The van der Waals surface area contributed by atoms with Crippen LogP contribution in [0.15, 0.2) is 24.3 Å². The summed E-state index contributed by atoms with van der Waals surface area (Å²) in [5.74, 6) is -0.536. The molecular formula is C20H23N5O3. The van der Waals surface area contributed by atoms with E-state index in [1.807, 2.05) is 18.7 Å². The summed E-state index contributed by atoms with van der Waals surface area (Å²) in [6.07, 6.45) is 3.00. The molecule has 1 unspecified atom stereocenters. The number of nitrogens with one attached hydrogen (secondary N) is 2. The highest BCUT2D eigenvalue weighted by Crippen LogP contribution is 2.32. The minimum absolute atomic E-state index is 0.102. The van der Waals surface area contributed by atoms with E-state index in [2.05, 4.69) is 15.7 Å². The fourth-order valence-corrected chi connectivity index (χ4v) is 4.17. The molecule has 0 bridgehead atoms. The van der Waals surface area contributed by atoms with Gasteiger partial charge < -0.3 is 5.32 Å². The molecular weight excluding hydrogens is 358 g/mol. The van der Waals surface area contributed by atoms with Gasteiger partial charge in [-0.25, -0.2) is 4.79 Å². The van der Waals surface area contributed by atoms with Crippen molar-refractivity contribution in [3.63, 3.8) is 0 Å². The van der Waals surface area contributed by atoms with E-state index in [4.69, 9.17) is 0 Å². The van der Waals surface area contributed by atoms with Crippen molar-refractivity contribution in [2.45, 2.75) is 38.6 Å². The summed E-state index contributed by atoms with van der Waals surface area (Å²) in [5.41, 5.74) is 4.12. The average molecular weight is 381 g/mol. The Morgan fingerprint density at radius 3 is 2.82 bits per heavy atom. The summed E-state index contributed by atoms with van der Waals surface area (Å²) >= 11 is 0. The van der Waals surface area contributed by atoms with Gasteiger partial charge in [-0.3, -0.25) is 24.5 Å². The van der Waals surface area contributed by atoms with Crippen LogP contribution >= 0.6 is 0 Å². The Balaban J connectivity index is 1.61. The van der Waals surface area contributed by atoms with Crippen molar-refractivity contribution in [3.8, 4) is 0 Å². The van der Waals surface area contributed by atoms with Crippen molar-refractivity contribution in [1.29, 1.82) is 0 Å². The van der Waals surface area contributed by atoms with Crippen molar-refractivity contribution in [2.24, 2.45) is 7.05 Å². The fraction of sp³-hybridized carbons (Fsp3) is 0.400. The number of imide groups is 1. The van der Waals surface area contributed by atoms with Crippen LogP contribution in [0.25, 0.3) is 0 Å². The van der Waals surface area contributed by atoms with Gasteiger partial charge in [0, 0.05) is 31.3 Å². The average Bonchev–Trinajstić information content (AvgIpc) is 2.97. The van der Waals surface area contributed by atoms with E-state index < -0.39 is 6.03 Å². The molecule has 4 rings (SSSR count). The summed E-state index contributed by atoms with van der Waals surface area (Å²) in [5, 5.41) is 9.94. The molecule has 2 aromatic rings. The monoisotopic (exact) mass is 381 g/mol. The van der Waals surface area contributed by atoms with Gasteiger partial charge in [0.2, 0.25) is 5.91 Å². The van der Waals surface area contributed by atoms with Gasteiger partial charge in [0.15, 0.2) is 0 Å². The Morgan fingerprint density at radius 2 is 2.04 bits per heavy atom. The lowest BCUT2D eigenvalue weighted by Crippen LogP contribution is -2.50. The summed E-state index contributed by atoms with van der Waals surface area (Å²) < 4.78 is 1.89. The largest absolute Gasteiger partial charge is 0.345 e. The third-order valence-electron chi connectivity index (χ3n) is 5.44. The summed E-state index contributed by atoms with van der Waals surface area (Å²) in [6, 6.07) is 6.38. The Kier molecular flexibility index (Phi) is 4.62. The molecule has 1 aliphatic heterocycles. The highest BCUT2D eigenvalue weighted by molar-refractivity contribution is 6.09. The van der Waals surface area contributed by atoms with Gasteiger partial charge in [0.1, 0.15) is 0 Å². The lowest BCUT2D eigenvalue weighted by atomic mass is 9.90. The zero-order valence-electron chi connectivity index (χ0n) is 16.0. The van der Waals surface area contributed by atoms with Crippen LogP contribution in [0.3, 0.4) is 0 Å². The van der Waals surface area contributed by atoms with E-state index in [9.17, 15) is 14.4 Å². The van der Waals surface area contributed by atoms with Gasteiger partial charge in [-0.15, -0.1) is 0 Å². The zero-order valence-corrected chi connectivity index (χ0v) is 16.0. The number of aromatic nitrogens is 2. The van der Waals surface area contributed by atoms with Crippen LogP contribution in [0.1, 0.15) is 52.6 Å². The molecule has 1 saturated heterocycles. The Hall–Kier alpha value is -3.16. The number of hydrogen-bond acceptors (Lipinski definition) is 4. The first-order valence-corrected chi connectivity index (χ1v) is 9.49. The quantitative estimate of drug-likeness (QED) is 0.850. The molecule has 28 heavy (non-hydrogen) atoms. The molecule has 1 atom stereocenters. The second-order valence-electron chi connectivity index (χ2n) is 7.26. The van der Waals surface area contributed by atoms with Crippen LogP contribution < -0.4 is 15.5 Å². The predicted molar refractivity (Wildman–Crippen MR) is 103 cm³/mol. The van der Waals surface area contributed by atoms with Crippen molar-refractivity contribution in [3.05, 3.63) is 46.8 Å². The maximum Gasteiger partial charge on any atom is 0.328 e. The first-order chi connectivity index (χ1) is 13.5. The molecule has 4 amide bonds. The maximum atomic E-state index is 13.1.